The molecule has 2 radical (unpaired) electrons. The van der Waals surface area contributed by atoms with Crippen LogP contribution in [-0.4, -0.2) is 25.8 Å². The zero-order valence-electron chi connectivity index (χ0n) is 24.8. The molecule has 43 heavy (non-hydrogen) atoms. The summed E-state index contributed by atoms with van der Waals surface area (Å²) < 4.78 is 2.27. The van der Waals surface area contributed by atoms with E-state index in [9.17, 15) is 0 Å². The zero-order chi connectivity index (χ0) is 29.7. The van der Waals surface area contributed by atoms with E-state index in [1.54, 1.807) is 0 Å². The summed E-state index contributed by atoms with van der Waals surface area (Å²) in [5.74, 6) is 1.99. The molecule has 0 saturated heterocycles. The summed E-state index contributed by atoms with van der Waals surface area (Å²) in [5, 5.41) is 1.05. The average molecular weight is 573 g/mol. The van der Waals surface area contributed by atoms with Gasteiger partial charge >= 0.3 is 0 Å². The van der Waals surface area contributed by atoms with Crippen LogP contribution in [0.4, 0.5) is 0 Å². The largest absolute Gasteiger partial charge is 0.326 e. The van der Waals surface area contributed by atoms with Crippen LogP contribution >= 0.6 is 0 Å². The Balaban J connectivity index is 0.000000207. The minimum Gasteiger partial charge on any atom is -0.326 e. The van der Waals surface area contributed by atoms with E-state index in [0.717, 1.165) is 12.8 Å². The second-order valence-electron chi connectivity index (χ2n) is 10.5. The van der Waals surface area contributed by atoms with Crippen LogP contribution < -0.4 is 16.1 Å². The summed E-state index contributed by atoms with van der Waals surface area (Å²) in [5.41, 5.74) is 6.54. The Labute approximate surface area is 259 Å². The van der Waals surface area contributed by atoms with Crippen molar-refractivity contribution in [1.29, 1.82) is 0 Å². The lowest BCUT2D eigenvalue weighted by atomic mass is 9.41. The molecule has 0 aliphatic carbocycles. The number of hydrogen-bond acceptors (Lipinski definition) is 1. The van der Waals surface area contributed by atoms with E-state index in [-0.39, 0.29) is 5.16 Å². The fourth-order valence-corrected chi connectivity index (χ4v) is 7.32. The Hall–Kier alpha value is -4.67. The van der Waals surface area contributed by atoms with Crippen molar-refractivity contribution in [3.8, 4) is 0 Å². The van der Waals surface area contributed by atoms with Gasteiger partial charge in [0, 0.05) is 12.4 Å². The van der Waals surface area contributed by atoms with Crippen LogP contribution in [0.5, 0.6) is 0 Å². The van der Waals surface area contributed by atoms with Crippen molar-refractivity contribution in [1.82, 2.24) is 9.55 Å². The molecule has 0 spiro atoms. The van der Waals surface area contributed by atoms with Crippen LogP contribution in [0.25, 0.3) is 0 Å². The topological polar surface area (TPSA) is 17.8 Å². The monoisotopic (exact) mass is 572 g/mol. The Morgan fingerprint density at radius 2 is 1.26 bits per heavy atom. The molecule has 6 aromatic rings. The highest BCUT2D eigenvalue weighted by Gasteiger charge is 2.37. The van der Waals surface area contributed by atoms with Gasteiger partial charge in [0.15, 0.2) is 0 Å². The van der Waals surface area contributed by atoms with E-state index in [4.69, 9.17) is 0 Å². The fraction of sp³-hybridized carbons (Fsp3) is 0.103. The molecule has 4 heteroatoms. The third kappa shape index (κ3) is 7.22. The van der Waals surface area contributed by atoms with Crippen molar-refractivity contribution in [2.45, 2.75) is 24.9 Å². The minimum absolute atomic E-state index is 0.299. The quantitative estimate of drug-likeness (QED) is 0.169. The molecule has 6 rings (SSSR count). The second-order valence-corrected chi connectivity index (χ2v) is 12.1. The maximum Gasteiger partial charge on any atom is 0.233 e. The van der Waals surface area contributed by atoms with Crippen LogP contribution in [0.2, 0.25) is 0 Å². The van der Waals surface area contributed by atoms with Crippen molar-refractivity contribution >= 4 is 32.3 Å². The first-order valence-electron chi connectivity index (χ1n) is 14.9. The van der Waals surface area contributed by atoms with Gasteiger partial charge in [-0.05, 0) is 23.1 Å². The van der Waals surface area contributed by atoms with Gasteiger partial charge in [-0.2, -0.15) is 0 Å². The molecular formula is C39H37BN2Si. The molecule has 0 unspecified atom stereocenters. The Morgan fingerprint density at radius 1 is 0.721 bits per heavy atom. The van der Waals surface area contributed by atoms with Gasteiger partial charge in [0.1, 0.15) is 9.52 Å². The molecule has 0 amide bonds. The summed E-state index contributed by atoms with van der Waals surface area (Å²) in [7, 11) is 0.539. The maximum absolute atomic E-state index is 4.40. The van der Waals surface area contributed by atoms with Crippen LogP contribution in [0, 0.1) is 0 Å². The van der Waals surface area contributed by atoms with Gasteiger partial charge in [-0.1, -0.05) is 175 Å². The highest BCUT2D eigenvalue weighted by Crippen LogP contribution is 2.33. The number of aromatic nitrogens is 2. The summed E-state index contributed by atoms with van der Waals surface area (Å²) in [6.45, 7) is 6.45. The predicted molar refractivity (Wildman–Crippen MR) is 185 cm³/mol. The number of imidazole rings is 1. The molecule has 210 valence electrons. The minimum atomic E-state index is -0.316. The normalized spacial score (nSPS) is 10.8. The summed E-state index contributed by atoms with van der Waals surface area (Å²) >= 11 is 0. The lowest BCUT2D eigenvalue weighted by molar-refractivity contribution is 0.596. The number of nitrogens with zero attached hydrogens (tertiary/aromatic N) is 2. The Morgan fingerprint density at radius 3 is 1.72 bits per heavy atom. The highest BCUT2D eigenvalue weighted by atomic mass is 28.2. The number of rotatable bonds is 10. The van der Waals surface area contributed by atoms with E-state index in [0.29, 0.717) is 16.2 Å². The summed E-state index contributed by atoms with van der Waals surface area (Å²) in [6, 6.07) is 51.5. The van der Waals surface area contributed by atoms with Gasteiger partial charge in [-0.15, -0.1) is 12.6 Å². The lowest BCUT2D eigenvalue weighted by Gasteiger charge is -2.36. The van der Waals surface area contributed by atoms with Crippen LogP contribution in [-0.2, 0) is 11.6 Å². The molecule has 1 heterocycles. The first kappa shape index (κ1) is 29.8. The van der Waals surface area contributed by atoms with Crippen molar-refractivity contribution in [3.05, 3.63) is 194 Å². The number of benzene rings is 5. The molecule has 0 N–H and O–H groups in total. The van der Waals surface area contributed by atoms with Crippen molar-refractivity contribution in [2.24, 2.45) is 0 Å². The first-order valence-corrected chi connectivity index (χ1v) is 15.9. The van der Waals surface area contributed by atoms with Gasteiger partial charge in [-0.3, -0.25) is 0 Å². The first-order chi connectivity index (χ1) is 21.2. The Kier molecular flexibility index (Phi) is 10.4. The predicted octanol–water partition coefficient (Wildman–Crippen LogP) is 6.64. The molecule has 0 bridgehead atoms. The van der Waals surface area contributed by atoms with Gasteiger partial charge < -0.3 is 4.57 Å². The standard InChI is InChI=1S/C25H24N2Si.C14H13B/c1-2-10-21-11-9-16-24(19-21)28-25(27-18-17-26-20-27,22-12-5-3-6-13-22)23-14-7-4-8-15-23;1-2-15(13-9-5-3-6-10-13)14-11-7-4-8-12-14/h3-9,11-20H,2,10H2,1H3;2-12H,1H2. The molecule has 0 fully saturated rings. The molecular weight excluding hydrogens is 535 g/mol. The molecule has 0 saturated carbocycles. The van der Waals surface area contributed by atoms with Crippen LogP contribution in [0.1, 0.15) is 30.0 Å². The van der Waals surface area contributed by atoms with Crippen LogP contribution in [0.3, 0.4) is 0 Å². The molecule has 2 nitrogen and oxygen atoms in total. The Bertz CT molecular complexity index is 1580. The van der Waals surface area contributed by atoms with E-state index in [2.05, 4.69) is 163 Å². The third-order valence-corrected chi connectivity index (χ3v) is 9.42. The van der Waals surface area contributed by atoms with Crippen molar-refractivity contribution in [2.75, 3.05) is 0 Å². The molecule has 5 aromatic carbocycles. The van der Waals surface area contributed by atoms with E-state index in [1.807, 2.05) is 30.6 Å². The van der Waals surface area contributed by atoms with E-state index in [1.165, 1.54) is 32.8 Å². The van der Waals surface area contributed by atoms with Gasteiger partial charge in [-0.25, -0.2) is 4.98 Å². The number of hydrogen-bond donors (Lipinski definition) is 0. The maximum atomic E-state index is 4.40. The molecule has 1 aromatic heterocycles. The zero-order valence-corrected chi connectivity index (χ0v) is 25.8. The SMILES string of the molecule is C=CB(c1ccccc1)c1ccccc1.CCCc1cccc([Si]C(c2ccccc2)(c2ccccc2)n2ccnc2)c1. The second kappa shape index (κ2) is 15.0. The van der Waals surface area contributed by atoms with Gasteiger partial charge in [0.2, 0.25) is 6.71 Å². The fourth-order valence-electron chi connectivity index (χ4n) is 5.58. The lowest BCUT2D eigenvalue weighted by Crippen LogP contribution is -2.46. The van der Waals surface area contributed by atoms with Gasteiger partial charge in [0.25, 0.3) is 0 Å². The molecule has 0 atom stereocenters. The summed E-state index contributed by atoms with van der Waals surface area (Å²) in [4.78, 5) is 4.40. The smallest absolute Gasteiger partial charge is 0.233 e. The third-order valence-electron chi connectivity index (χ3n) is 7.62. The van der Waals surface area contributed by atoms with E-state index < -0.39 is 0 Å². The van der Waals surface area contributed by atoms with Gasteiger partial charge in [0.05, 0.1) is 11.5 Å². The molecule has 0 aliphatic rings. The average Bonchev–Trinajstić information content (AvgIpc) is 3.62. The van der Waals surface area contributed by atoms with Crippen molar-refractivity contribution in [3.63, 3.8) is 0 Å². The highest BCUT2D eigenvalue weighted by molar-refractivity contribution is 6.89. The van der Waals surface area contributed by atoms with Crippen LogP contribution in [0.15, 0.2) is 177 Å². The van der Waals surface area contributed by atoms with Crippen molar-refractivity contribution < 1.29 is 0 Å². The van der Waals surface area contributed by atoms with E-state index >= 15 is 0 Å². The number of aryl methyl sites for hydroxylation is 1. The summed E-state index contributed by atoms with van der Waals surface area (Å²) in [6.07, 6.45) is 8.19. The molecule has 0 aliphatic heterocycles.